The maximum absolute atomic E-state index is 11.4. The first-order chi connectivity index (χ1) is 8.17. The second-order valence-electron chi connectivity index (χ2n) is 3.59. The van der Waals surface area contributed by atoms with Crippen molar-refractivity contribution in [2.75, 3.05) is 24.7 Å². The molecule has 5 nitrogen and oxygen atoms in total. The van der Waals surface area contributed by atoms with Crippen LogP contribution in [0.4, 0.5) is 5.82 Å². The third-order valence-electron chi connectivity index (χ3n) is 2.21. The summed E-state index contributed by atoms with van der Waals surface area (Å²) in [6.45, 7) is 5.42. The molecule has 0 bridgehead atoms. The summed E-state index contributed by atoms with van der Waals surface area (Å²) in [7, 11) is 0. The Morgan fingerprint density at radius 1 is 1.47 bits per heavy atom. The van der Waals surface area contributed by atoms with E-state index in [9.17, 15) is 4.79 Å². The highest BCUT2D eigenvalue weighted by Crippen LogP contribution is 2.07. The van der Waals surface area contributed by atoms with Gasteiger partial charge in [0.2, 0.25) is 0 Å². The summed E-state index contributed by atoms with van der Waals surface area (Å²) in [6.07, 6.45) is 2.07. The molecule has 0 radical (unpaired) electrons. The van der Waals surface area contributed by atoms with E-state index in [1.165, 1.54) is 0 Å². The van der Waals surface area contributed by atoms with Crippen LogP contribution in [0.15, 0.2) is 12.1 Å². The number of thioether (sulfide) groups is 1. The molecule has 0 aliphatic heterocycles. The predicted octanol–water partition coefficient (Wildman–Crippen LogP) is 1.39. The molecule has 0 aromatic carbocycles. The van der Waals surface area contributed by atoms with Crippen LogP contribution in [0.25, 0.3) is 0 Å². The van der Waals surface area contributed by atoms with Gasteiger partial charge in [-0.2, -0.15) is 11.8 Å². The lowest BCUT2D eigenvalue weighted by Crippen LogP contribution is -2.24. The van der Waals surface area contributed by atoms with Gasteiger partial charge < -0.3 is 10.6 Å². The van der Waals surface area contributed by atoms with Crippen LogP contribution in [0.2, 0.25) is 0 Å². The molecule has 2 N–H and O–H groups in total. The van der Waals surface area contributed by atoms with Gasteiger partial charge in [0.25, 0.3) is 5.91 Å². The lowest BCUT2D eigenvalue weighted by Gasteiger charge is -2.09. The lowest BCUT2D eigenvalue weighted by molar-refractivity contribution is 0.0950. The van der Waals surface area contributed by atoms with E-state index >= 15 is 0 Å². The Bertz CT molecular complexity index is 355. The molecular formula is C11H18N4OS. The minimum absolute atomic E-state index is 0.191. The molecule has 0 fully saturated rings. The number of rotatable bonds is 6. The number of hydrogen-bond donors (Lipinski definition) is 2. The Balaban J connectivity index is 2.53. The Labute approximate surface area is 106 Å². The van der Waals surface area contributed by atoms with Gasteiger partial charge in [0.1, 0.15) is 5.82 Å². The SMILES string of the molecule is CCNC(=O)c1ccc(NCC(C)SC)nn1. The maximum atomic E-state index is 11.4. The molecule has 1 heterocycles. The zero-order valence-electron chi connectivity index (χ0n) is 10.4. The highest BCUT2D eigenvalue weighted by atomic mass is 32.2. The summed E-state index contributed by atoms with van der Waals surface area (Å²) in [5.41, 5.74) is 0.343. The Morgan fingerprint density at radius 2 is 2.24 bits per heavy atom. The van der Waals surface area contributed by atoms with Crippen molar-refractivity contribution in [2.24, 2.45) is 0 Å². The Kier molecular flexibility index (Phi) is 5.76. The average Bonchev–Trinajstić information content (AvgIpc) is 2.36. The van der Waals surface area contributed by atoms with Crippen molar-refractivity contribution in [2.45, 2.75) is 19.1 Å². The fourth-order valence-corrected chi connectivity index (χ4v) is 1.38. The molecular weight excluding hydrogens is 236 g/mol. The zero-order valence-corrected chi connectivity index (χ0v) is 11.2. The normalized spacial score (nSPS) is 11.9. The van der Waals surface area contributed by atoms with Gasteiger partial charge in [-0.25, -0.2) is 0 Å². The van der Waals surface area contributed by atoms with Gasteiger partial charge in [-0.05, 0) is 25.3 Å². The first-order valence-corrected chi connectivity index (χ1v) is 6.84. The first kappa shape index (κ1) is 13.8. The molecule has 0 spiro atoms. The minimum Gasteiger partial charge on any atom is -0.367 e. The van der Waals surface area contributed by atoms with Gasteiger partial charge in [-0.15, -0.1) is 10.2 Å². The van der Waals surface area contributed by atoms with E-state index in [0.717, 1.165) is 6.54 Å². The first-order valence-electron chi connectivity index (χ1n) is 5.56. The summed E-state index contributed by atoms with van der Waals surface area (Å²) < 4.78 is 0. The van der Waals surface area contributed by atoms with Gasteiger partial charge in [-0.3, -0.25) is 4.79 Å². The molecule has 1 aromatic rings. The minimum atomic E-state index is -0.191. The Morgan fingerprint density at radius 3 is 2.76 bits per heavy atom. The van der Waals surface area contributed by atoms with E-state index in [2.05, 4.69) is 34.0 Å². The van der Waals surface area contributed by atoms with Crippen molar-refractivity contribution in [3.63, 3.8) is 0 Å². The van der Waals surface area contributed by atoms with Gasteiger partial charge in [0.15, 0.2) is 5.69 Å². The number of anilines is 1. The number of carbonyl (C=O) groups is 1. The fourth-order valence-electron chi connectivity index (χ4n) is 1.13. The number of carbonyl (C=O) groups excluding carboxylic acids is 1. The summed E-state index contributed by atoms with van der Waals surface area (Å²) in [6, 6.07) is 3.44. The number of nitrogens with one attached hydrogen (secondary N) is 2. The Hall–Kier alpha value is -1.30. The topological polar surface area (TPSA) is 66.9 Å². The summed E-state index contributed by atoms with van der Waals surface area (Å²) in [4.78, 5) is 11.4. The van der Waals surface area contributed by atoms with Crippen LogP contribution in [-0.2, 0) is 0 Å². The molecule has 94 valence electrons. The van der Waals surface area contributed by atoms with Crippen LogP contribution in [0, 0.1) is 0 Å². The smallest absolute Gasteiger partial charge is 0.271 e. The molecule has 0 aliphatic carbocycles. The van der Waals surface area contributed by atoms with Crippen molar-refractivity contribution in [1.82, 2.24) is 15.5 Å². The molecule has 0 saturated heterocycles. The highest BCUT2D eigenvalue weighted by Gasteiger charge is 2.06. The van der Waals surface area contributed by atoms with Gasteiger partial charge in [-0.1, -0.05) is 6.92 Å². The highest BCUT2D eigenvalue weighted by molar-refractivity contribution is 7.99. The molecule has 1 atom stereocenters. The fraction of sp³-hybridized carbons (Fsp3) is 0.545. The molecule has 1 rings (SSSR count). The van der Waals surface area contributed by atoms with Crippen LogP contribution in [0.1, 0.15) is 24.3 Å². The largest absolute Gasteiger partial charge is 0.367 e. The van der Waals surface area contributed by atoms with Crippen LogP contribution >= 0.6 is 11.8 Å². The van der Waals surface area contributed by atoms with E-state index in [0.29, 0.717) is 23.3 Å². The summed E-state index contributed by atoms with van der Waals surface area (Å²) in [5.74, 6) is 0.503. The van der Waals surface area contributed by atoms with Crippen molar-refractivity contribution in [1.29, 1.82) is 0 Å². The molecule has 1 amide bonds. The molecule has 1 aromatic heterocycles. The van der Waals surface area contributed by atoms with E-state index < -0.39 is 0 Å². The van der Waals surface area contributed by atoms with E-state index in [4.69, 9.17) is 0 Å². The monoisotopic (exact) mass is 254 g/mol. The third kappa shape index (κ3) is 4.60. The van der Waals surface area contributed by atoms with Crippen molar-refractivity contribution >= 4 is 23.5 Å². The molecule has 17 heavy (non-hydrogen) atoms. The van der Waals surface area contributed by atoms with E-state index in [-0.39, 0.29) is 5.91 Å². The summed E-state index contributed by atoms with van der Waals surface area (Å²) in [5, 5.41) is 14.2. The van der Waals surface area contributed by atoms with Gasteiger partial charge in [0.05, 0.1) is 0 Å². The number of hydrogen-bond acceptors (Lipinski definition) is 5. The zero-order chi connectivity index (χ0) is 12.7. The molecule has 6 heteroatoms. The van der Waals surface area contributed by atoms with Crippen molar-refractivity contribution < 1.29 is 4.79 Å². The average molecular weight is 254 g/mol. The van der Waals surface area contributed by atoms with Crippen molar-refractivity contribution in [3.8, 4) is 0 Å². The molecule has 1 unspecified atom stereocenters. The second-order valence-corrected chi connectivity index (χ2v) is 4.87. The van der Waals surface area contributed by atoms with Crippen LogP contribution in [-0.4, -0.2) is 40.7 Å². The van der Waals surface area contributed by atoms with E-state index in [1.807, 2.05) is 6.92 Å². The van der Waals surface area contributed by atoms with Crippen LogP contribution in [0.5, 0.6) is 0 Å². The van der Waals surface area contributed by atoms with Crippen LogP contribution in [0.3, 0.4) is 0 Å². The third-order valence-corrected chi connectivity index (χ3v) is 3.18. The maximum Gasteiger partial charge on any atom is 0.271 e. The van der Waals surface area contributed by atoms with E-state index in [1.54, 1.807) is 23.9 Å². The summed E-state index contributed by atoms with van der Waals surface area (Å²) >= 11 is 1.78. The van der Waals surface area contributed by atoms with Gasteiger partial charge in [0, 0.05) is 18.3 Å². The lowest BCUT2D eigenvalue weighted by atomic mass is 10.3. The number of amides is 1. The second kappa shape index (κ2) is 7.11. The predicted molar refractivity (Wildman–Crippen MR) is 71.5 cm³/mol. The van der Waals surface area contributed by atoms with Crippen molar-refractivity contribution in [3.05, 3.63) is 17.8 Å². The standard InChI is InChI=1S/C11H18N4OS/c1-4-12-11(16)9-5-6-10(15-14-9)13-7-8(2)17-3/h5-6,8H,4,7H2,1-3H3,(H,12,16)(H,13,15). The molecule has 0 aliphatic rings. The number of aromatic nitrogens is 2. The number of nitrogens with zero attached hydrogens (tertiary/aromatic N) is 2. The molecule has 0 saturated carbocycles. The van der Waals surface area contributed by atoms with Gasteiger partial charge >= 0.3 is 0 Å². The van der Waals surface area contributed by atoms with Crippen LogP contribution < -0.4 is 10.6 Å². The quantitative estimate of drug-likeness (QED) is 0.803.